The lowest BCUT2D eigenvalue weighted by atomic mass is 10.1. The molecule has 2 amide bonds. The van der Waals surface area contributed by atoms with Crippen LogP contribution in [-0.2, 0) is 0 Å². The average Bonchev–Trinajstić information content (AvgIpc) is 2.92. The summed E-state index contributed by atoms with van der Waals surface area (Å²) in [6, 6.07) is 1.29. The summed E-state index contributed by atoms with van der Waals surface area (Å²) in [5, 5.41) is 75.6. The van der Waals surface area contributed by atoms with Gasteiger partial charge in [-0.3, -0.25) is 14.6 Å². The highest BCUT2D eigenvalue weighted by molar-refractivity contribution is 5.99. The third kappa shape index (κ3) is 9.67. The number of rotatable bonds is 18. The number of aliphatic hydroxyl groups is 8. The molecular formula is C23H39N3O10. The minimum absolute atomic E-state index is 0.00629. The standard InChI is InChI=1S/C23H39N3O10/c27-8-16(9-28)4-25(5-17(10-29)11-30)22(35)20-1-21(3-24-2-20)23(36)26(6-18(12-31)13-32)7-19(14-33)15-34/h1-3,16-19,27-34H,4-15H2. The van der Waals surface area contributed by atoms with E-state index in [1.165, 1.54) is 28.3 Å². The Kier molecular flexibility index (Phi) is 15.3. The van der Waals surface area contributed by atoms with E-state index in [4.69, 9.17) is 0 Å². The highest BCUT2D eigenvalue weighted by Crippen LogP contribution is 2.15. The number of aliphatic hydroxyl groups excluding tert-OH is 8. The van der Waals surface area contributed by atoms with E-state index in [1.807, 2.05) is 0 Å². The van der Waals surface area contributed by atoms with Crippen LogP contribution in [0.3, 0.4) is 0 Å². The lowest BCUT2D eigenvalue weighted by molar-refractivity contribution is 0.0513. The zero-order chi connectivity index (χ0) is 27.1. The Labute approximate surface area is 209 Å². The zero-order valence-corrected chi connectivity index (χ0v) is 20.3. The van der Waals surface area contributed by atoms with E-state index in [1.54, 1.807) is 0 Å². The summed E-state index contributed by atoms with van der Waals surface area (Å²) in [5.41, 5.74) is 0.0126. The number of hydrogen-bond acceptors (Lipinski definition) is 11. The summed E-state index contributed by atoms with van der Waals surface area (Å²) in [6.07, 6.45) is 2.45. The van der Waals surface area contributed by atoms with Gasteiger partial charge in [-0.05, 0) is 6.07 Å². The Hall–Kier alpha value is -2.23. The molecule has 0 aromatic carbocycles. The Morgan fingerprint density at radius 2 is 0.806 bits per heavy atom. The van der Waals surface area contributed by atoms with Gasteiger partial charge in [0, 0.05) is 115 Å². The highest BCUT2D eigenvalue weighted by atomic mass is 16.3. The molecule has 1 rings (SSSR count). The second-order valence-electron chi connectivity index (χ2n) is 8.81. The molecule has 0 aliphatic carbocycles. The topological polar surface area (TPSA) is 215 Å². The Morgan fingerprint density at radius 3 is 1.03 bits per heavy atom. The van der Waals surface area contributed by atoms with Crippen LogP contribution in [0.2, 0.25) is 0 Å². The van der Waals surface area contributed by atoms with Crippen molar-refractivity contribution in [2.24, 2.45) is 23.7 Å². The summed E-state index contributed by atoms with van der Waals surface area (Å²) >= 11 is 0. The van der Waals surface area contributed by atoms with E-state index >= 15 is 0 Å². The number of amides is 2. The quantitative estimate of drug-likeness (QED) is 0.0950. The molecular weight excluding hydrogens is 478 g/mol. The van der Waals surface area contributed by atoms with Crippen molar-refractivity contribution in [3.63, 3.8) is 0 Å². The molecule has 13 heteroatoms. The maximum absolute atomic E-state index is 13.3. The van der Waals surface area contributed by atoms with Crippen LogP contribution in [0.4, 0.5) is 0 Å². The molecule has 36 heavy (non-hydrogen) atoms. The molecule has 8 N–H and O–H groups in total. The first-order valence-corrected chi connectivity index (χ1v) is 11.7. The summed E-state index contributed by atoms with van der Waals surface area (Å²) in [7, 11) is 0. The van der Waals surface area contributed by atoms with Crippen molar-refractivity contribution in [1.29, 1.82) is 0 Å². The lowest BCUT2D eigenvalue weighted by Gasteiger charge is -2.30. The highest BCUT2D eigenvalue weighted by Gasteiger charge is 2.26. The van der Waals surface area contributed by atoms with Gasteiger partial charge in [0.15, 0.2) is 0 Å². The fourth-order valence-electron chi connectivity index (χ4n) is 3.46. The number of carbonyl (C=O) groups excluding carboxylic acids is 2. The summed E-state index contributed by atoms with van der Waals surface area (Å²) in [5.74, 6) is -3.86. The summed E-state index contributed by atoms with van der Waals surface area (Å²) in [6.45, 7) is -3.49. The fourth-order valence-corrected chi connectivity index (χ4v) is 3.46. The van der Waals surface area contributed by atoms with Crippen LogP contribution < -0.4 is 0 Å². The van der Waals surface area contributed by atoms with Gasteiger partial charge in [-0.15, -0.1) is 0 Å². The van der Waals surface area contributed by atoms with Gasteiger partial charge in [-0.1, -0.05) is 0 Å². The smallest absolute Gasteiger partial charge is 0.255 e. The molecule has 13 nitrogen and oxygen atoms in total. The van der Waals surface area contributed by atoms with Gasteiger partial charge < -0.3 is 50.7 Å². The third-order valence-corrected chi connectivity index (χ3v) is 5.79. The first-order chi connectivity index (χ1) is 17.3. The largest absolute Gasteiger partial charge is 0.396 e. The van der Waals surface area contributed by atoms with Crippen LogP contribution in [0.1, 0.15) is 20.7 Å². The van der Waals surface area contributed by atoms with Gasteiger partial charge in [0.05, 0.1) is 11.1 Å². The van der Waals surface area contributed by atoms with Crippen LogP contribution in [0.25, 0.3) is 0 Å². The molecule has 0 atom stereocenters. The molecule has 1 aromatic rings. The fraction of sp³-hybridized carbons (Fsp3) is 0.696. The molecule has 1 heterocycles. The van der Waals surface area contributed by atoms with Gasteiger partial charge in [0.1, 0.15) is 0 Å². The van der Waals surface area contributed by atoms with Crippen molar-refractivity contribution in [2.45, 2.75) is 0 Å². The molecule has 0 aliphatic heterocycles. The maximum atomic E-state index is 13.3. The summed E-state index contributed by atoms with van der Waals surface area (Å²) < 4.78 is 0. The zero-order valence-electron chi connectivity index (χ0n) is 20.3. The van der Waals surface area contributed by atoms with E-state index in [0.29, 0.717) is 0 Å². The van der Waals surface area contributed by atoms with Crippen LogP contribution in [0, 0.1) is 23.7 Å². The predicted octanol–water partition coefficient (Wildman–Crippen LogP) is -3.63. The van der Waals surface area contributed by atoms with Crippen molar-refractivity contribution >= 4 is 11.8 Å². The molecule has 0 fully saturated rings. The van der Waals surface area contributed by atoms with E-state index in [9.17, 15) is 50.4 Å². The van der Waals surface area contributed by atoms with Crippen LogP contribution in [0.5, 0.6) is 0 Å². The molecule has 1 aromatic heterocycles. The van der Waals surface area contributed by atoms with Crippen molar-refractivity contribution in [1.82, 2.24) is 14.8 Å². The second kappa shape index (κ2) is 17.3. The number of hydrogen-bond donors (Lipinski definition) is 8. The first kappa shape index (κ1) is 31.8. The molecule has 206 valence electrons. The van der Waals surface area contributed by atoms with Gasteiger partial charge in [-0.25, -0.2) is 0 Å². The second-order valence-corrected chi connectivity index (χ2v) is 8.81. The Bertz CT molecular complexity index is 681. The van der Waals surface area contributed by atoms with Crippen molar-refractivity contribution in [2.75, 3.05) is 79.0 Å². The monoisotopic (exact) mass is 517 g/mol. The molecule has 0 unspecified atom stereocenters. The Balaban J connectivity index is 3.27. The van der Waals surface area contributed by atoms with E-state index in [2.05, 4.69) is 4.98 Å². The van der Waals surface area contributed by atoms with Crippen LogP contribution >= 0.6 is 0 Å². The lowest BCUT2D eigenvalue weighted by Crippen LogP contribution is -2.43. The van der Waals surface area contributed by atoms with Crippen molar-refractivity contribution in [3.8, 4) is 0 Å². The number of pyridine rings is 1. The minimum Gasteiger partial charge on any atom is -0.396 e. The van der Waals surface area contributed by atoms with E-state index in [-0.39, 0.29) is 37.3 Å². The average molecular weight is 518 g/mol. The molecule has 0 aliphatic rings. The number of carbonyl (C=O) groups is 2. The molecule has 0 radical (unpaired) electrons. The minimum atomic E-state index is -0.664. The first-order valence-electron chi connectivity index (χ1n) is 11.7. The van der Waals surface area contributed by atoms with Gasteiger partial charge in [-0.2, -0.15) is 0 Å². The molecule has 0 saturated heterocycles. The molecule has 0 spiro atoms. The Morgan fingerprint density at radius 1 is 0.556 bits per heavy atom. The summed E-state index contributed by atoms with van der Waals surface area (Å²) in [4.78, 5) is 33.0. The van der Waals surface area contributed by atoms with Gasteiger partial charge in [0.2, 0.25) is 0 Å². The van der Waals surface area contributed by atoms with Gasteiger partial charge >= 0.3 is 0 Å². The molecule has 0 saturated carbocycles. The van der Waals surface area contributed by atoms with Crippen molar-refractivity contribution < 1.29 is 50.4 Å². The molecule has 0 bridgehead atoms. The van der Waals surface area contributed by atoms with Gasteiger partial charge in [0.25, 0.3) is 11.8 Å². The number of aromatic nitrogens is 1. The predicted molar refractivity (Wildman–Crippen MR) is 127 cm³/mol. The van der Waals surface area contributed by atoms with Crippen LogP contribution in [-0.4, -0.2) is 146 Å². The number of nitrogens with zero attached hydrogens (tertiary/aromatic N) is 3. The SMILES string of the molecule is O=C(c1cncc(C(=O)N(CC(CO)CO)CC(CO)CO)c1)N(CC(CO)CO)CC(CO)CO. The van der Waals surface area contributed by atoms with Crippen LogP contribution in [0.15, 0.2) is 18.5 Å². The third-order valence-electron chi connectivity index (χ3n) is 5.79. The maximum Gasteiger partial charge on any atom is 0.255 e. The van der Waals surface area contributed by atoms with E-state index in [0.717, 1.165) is 0 Å². The van der Waals surface area contributed by atoms with Crippen molar-refractivity contribution in [3.05, 3.63) is 29.6 Å². The normalized spacial score (nSPS) is 11.7. The van der Waals surface area contributed by atoms with E-state index < -0.39 is 88.3 Å².